The van der Waals surface area contributed by atoms with Crippen LogP contribution in [0.1, 0.15) is 32.3 Å². The molecule has 1 aliphatic carbocycles. The first-order valence-corrected chi connectivity index (χ1v) is 9.38. The van der Waals surface area contributed by atoms with Crippen molar-refractivity contribution in [3.63, 3.8) is 0 Å². The van der Waals surface area contributed by atoms with Crippen molar-refractivity contribution in [3.05, 3.63) is 35.9 Å². The number of carbonyl (C=O) groups excluding carboxylic acids is 2. The van der Waals surface area contributed by atoms with Gasteiger partial charge in [0.2, 0.25) is 11.8 Å². The third-order valence-corrected chi connectivity index (χ3v) is 5.37. The lowest BCUT2D eigenvalue weighted by Crippen LogP contribution is -2.54. The molecule has 3 rings (SSSR count). The van der Waals surface area contributed by atoms with Crippen molar-refractivity contribution >= 4 is 11.8 Å². The monoisotopic (exact) mass is 343 g/mol. The summed E-state index contributed by atoms with van der Waals surface area (Å²) in [5.74, 6) is 0.945. The number of hydrogen-bond donors (Lipinski definition) is 1. The van der Waals surface area contributed by atoms with E-state index in [0.29, 0.717) is 18.9 Å². The first kappa shape index (κ1) is 17.9. The molecule has 3 atom stereocenters. The van der Waals surface area contributed by atoms with E-state index in [1.54, 1.807) is 0 Å². The van der Waals surface area contributed by atoms with E-state index in [9.17, 15) is 9.59 Å². The van der Waals surface area contributed by atoms with Crippen LogP contribution in [0.15, 0.2) is 30.3 Å². The van der Waals surface area contributed by atoms with Crippen molar-refractivity contribution in [3.8, 4) is 0 Å². The summed E-state index contributed by atoms with van der Waals surface area (Å²) in [6, 6.07) is 10.7. The summed E-state index contributed by atoms with van der Waals surface area (Å²) in [4.78, 5) is 28.6. The molecule has 2 aliphatic rings. The lowest BCUT2D eigenvalue weighted by atomic mass is 10.1. The summed E-state index contributed by atoms with van der Waals surface area (Å²) >= 11 is 0. The van der Waals surface area contributed by atoms with E-state index in [4.69, 9.17) is 0 Å². The van der Waals surface area contributed by atoms with E-state index in [1.807, 2.05) is 11.0 Å². The molecule has 0 spiro atoms. The second-order valence-electron chi connectivity index (χ2n) is 7.52. The lowest BCUT2D eigenvalue weighted by molar-refractivity contribution is -0.135. The fraction of sp³-hybridized carbons (Fsp3) is 0.600. The van der Waals surface area contributed by atoms with E-state index in [2.05, 4.69) is 48.3 Å². The van der Waals surface area contributed by atoms with Gasteiger partial charge in [-0.05, 0) is 24.8 Å². The molecule has 1 aromatic carbocycles. The van der Waals surface area contributed by atoms with Crippen molar-refractivity contribution in [2.45, 2.75) is 39.3 Å². The summed E-state index contributed by atoms with van der Waals surface area (Å²) in [6.07, 6.45) is 1.38. The highest BCUT2D eigenvalue weighted by molar-refractivity contribution is 5.82. The van der Waals surface area contributed by atoms with Crippen LogP contribution in [0.5, 0.6) is 0 Å². The molecule has 1 heterocycles. The molecule has 1 N–H and O–H groups in total. The van der Waals surface area contributed by atoms with Crippen LogP contribution < -0.4 is 5.32 Å². The number of carbonyl (C=O) groups is 2. The normalized spacial score (nSPS) is 26.3. The van der Waals surface area contributed by atoms with Crippen LogP contribution in [-0.2, 0) is 16.1 Å². The van der Waals surface area contributed by atoms with Gasteiger partial charge in [0.05, 0.1) is 0 Å². The van der Waals surface area contributed by atoms with Crippen LogP contribution in [0.2, 0.25) is 0 Å². The van der Waals surface area contributed by atoms with Gasteiger partial charge in [-0.2, -0.15) is 0 Å². The fourth-order valence-electron chi connectivity index (χ4n) is 3.64. The number of nitrogens with zero attached hydrogens (tertiary/aromatic N) is 2. The van der Waals surface area contributed by atoms with Crippen LogP contribution >= 0.6 is 0 Å². The standard InChI is InChI=1S/C20H29N3O2/c1-15-12-18(15)20(25)21-9-8-19(24)23-11-10-22(13-16(23)2)14-17-6-4-3-5-7-17/h3-7,15-16,18H,8-14H2,1-2H3,(H,21,25)/t15-,16+,18-/m1/s1. The highest BCUT2D eigenvalue weighted by atomic mass is 16.2. The molecular weight excluding hydrogens is 314 g/mol. The Bertz CT molecular complexity index is 604. The van der Waals surface area contributed by atoms with Gasteiger partial charge in [0.15, 0.2) is 0 Å². The molecule has 25 heavy (non-hydrogen) atoms. The lowest BCUT2D eigenvalue weighted by Gasteiger charge is -2.40. The van der Waals surface area contributed by atoms with Crippen LogP contribution in [-0.4, -0.2) is 53.8 Å². The molecule has 136 valence electrons. The van der Waals surface area contributed by atoms with Crippen LogP contribution in [0.25, 0.3) is 0 Å². The minimum atomic E-state index is 0.112. The molecule has 1 aromatic rings. The predicted octanol–water partition coefficient (Wildman–Crippen LogP) is 1.88. The van der Waals surface area contributed by atoms with E-state index in [0.717, 1.165) is 32.6 Å². The van der Waals surface area contributed by atoms with Gasteiger partial charge in [-0.1, -0.05) is 37.3 Å². The van der Waals surface area contributed by atoms with Crippen molar-refractivity contribution in [1.29, 1.82) is 0 Å². The summed E-state index contributed by atoms with van der Waals surface area (Å²) in [5, 5.41) is 2.90. The molecule has 5 heteroatoms. The van der Waals surface area contributed by atoms with Gasteiger partial charge >= 0.3 is 0 Å². The van der Waals surface area contributed by atoms with Gasteiger partial charge in [0.1, 0.15) is 0 Å². The van der Waals surface area contributed by atoms with E-state index >= 15 is 0 Å². The maximum absolute atomic E-state index is 12.5. The number of amides is 2. The Labute approximate surface area is 150 Å². The van der Waals surface area contributed by atoms with Crippen molar-refractivity contribution in [2.75, 3.05) is 26.2 Å². The summed E-state index contributed by atoms with van der Waals surface area (Å²) in [7, 11) is 0. The van der Waals surface area contributed by atoms with Crippen LogP contribution in [0.4, 0.5) is 0 Å². The number of hydrogen-bond acceptors (Lipinski definition) is 3. The van der Waals surface area contributed by atoms with Crippen molar-refractivity contribution < 1.29 is 9.59 Å². The summed E-state index contributed by atoms with van der Waals surface area (Å²) in [6.45, 7) is 8.15. The Morgan fingerprint density at radius 1 is 1.16 bits per heavy atom. The molecule has 0 unspecified atom stereocenters. The Hall–Kier alpha value is -1.88. The zero-order chi connectivity index (χ0) is 17.8. The van der Waals surface area contributed by atoms with Crippen molar-refractivity contribution in [2.24, 2.45) is 11.8 Å². The first-order valence-electron chi connectivity index (χ1n) is 9.38. The van der Waals surface area contributed by atoms with Crippen LogP contribution in [0.3, 0.4) is 0 Å². The third kappa shape index (κ3) is 4.82. The average Bonchev–Trinajstić information content (AvgIpc) is 3.32. The second kappa shape index (κ2) is 8.00. The molecule has 1 aliphatic heterocycles. The molecule has 5 nitrogen and oxygen atoms in total. The van der Waals surface area contributed by atoms with Gasteiger partial charge < -0.3 is 10.2 Å². The van der Waals surface area contributed by atoms with E-state index < -0.39 is 0 Å². The molecule has 0 radical (unpaired) electrons. The van der Waals surface area contributed by atoms with Crippen LogP contribution in [0, 0.1) is 11.8 Å². The Morgan fingerprint density at radius 2 is 1.88 bits per heavy atom. The molecule has 0 aromatic heterocycles. The third-order valence-electron chi connectivity index (χ3n) is 5.37. The minimum absolute atomic E-state index is 0.112. The molecular formula is C20H29N3O2. The summed E-state index contributed by atoms with van der Waals surface area (Å²) in [5.41, 5.74) is 1.31. The minimum Gasteiger partial charge on any atom is -0.355 e. The Morgan fingerprint density at radius 3 is 2.52 bits per heavy atom. The topological polar surface area (TPSA) is 52.7 Å². The number of nitrogens with one attached hydrogen (secondary N) is 1. The SMILES string of the molecule is C[C@@H]1C[C@H]1C(=O)NCCC(=O)N1CCN(Cc2ccccc2)C[C@@H]1C. The molecule has 2 fully saturated rings. The first-order chi connectivity index (χ1) is 12.0. The molecule has 2 amide bonds. The quantitative estimate of drug-likeness (QED) is 0.858. The van der Waals surface area contributed by atoms with Gasteiger partial charge in [-0.25, -0.2) is 0 Å². The maximum atomic E-state index is 12.5. The zero-order valence-electron chi connectivity index (χ0n) is 15.3. The molecule has 1 saturated heterocycles. The highest BCUT2D eigenvalue weighted by Gasteiger charge is 2.38. The maximum Gasteiger partial charge on any atom is 0.224 e. The van der Waals surface area contributed by atoms with E-state index in [1.165, 1.54) is 5.56 Å². The van der Waals surface area contributed by atoms with Gasteiger partial charge in [-0.3, -0.25) is 14.5 Å². The van der Waals surface area contributed by atoms with Gasteiger partial charge in [0.25, 0.3) is 0 Å². The number of rotatable bonds is 6. The molecule has 1 saturated carbocycles. The predicted molar refractivity (Wildman–Crippen MR) is 97.8 cm³/mol. The average molecular weight is 343 g/mol. The largest absolute Gasteiger partial charge is 0.355 e. The number of benzene rings is 1. The van der Waals surface area contributed by atoms with Gasteiger partial charge in [-0.15, -0.1) is 0 Å². The Kier molecular flexibility index (Phi) is 5.74. The van der Waals surface area contributed by atoms with Gasteiger partial charge in [0, 0.05) is 51.1 Å². The highest BCUT2D eigenvalue weighted by Crippen LogP contribution is 2.37. The number of piperazine rings is 1. The smallest absolute Gasteiger partial charge is 0.224 e. The Balaban J connectivity index is 1.40. The van der Waals surface area contributed by atoms with E-state index in [-0.39, 0.29) is 23.8 Å². The fourth-order valence-corrected chi connectivity index (χ4v) is 3.64. The molecule has 0 bridgehead atoms. The second-order valence-corrected chi connectivity index (χ2v) is 7.52. The van der Waals surface area contributed by atoms with Crippen molar-refractivity contribution in [1.82, 2.24) is 15.1 Å². The summed E-state index contributed by atoms with van der Waals surface area (Å²) < 4.78 is 0. The zero-order valence-corrected chi connectivity index (χ0v) is 15.3.